The van der Waals surface area contributed by atoms with Gasteiger partial charge in [0.05, 0.1) is 11.3 Å². The number of Topliss-reactive ketones (excluding diaryl/α,β-unsaturated/α-hetero) is 1. The number of alkyl halides is 2. The molecule has 0 radical (unpaired) electrons. The predicted molar refractivity (Wildman–Crippen MR) is 78.7 cm³/mol. The number of anilines is 1. The minimum absolute atomic E-state index is 0.0386. The molecule has 0 bridgehead atoms. The number of ether oxygens (including phenoxy) is 1. The molecule has 0 fully saturated rings. The number of carbonyl (C=O) groups excluding carboxylic acids is 2. The monoisotopic (exact) mass is 323 g/mol. The Kier molecular flexibility index (Phi) is 4.73. The maximum absolute atomic E-state index is 12.2. The molecule has 1 aromatic carbocycles. The Morgan fingerprint density at radius 2 is 1.83 bits per heavy atom. The van der Waals surface area contributed by atoms with Gasteiger partial charge in [-0.15, -0.1) is 0 Å². The van der Waals surface area contributed by atoms with Gasteiger partial charge in [-0.2, -0.15) is 13.9 Å². The zero-order valence-corrected chi connectivity index (χ0v) is 12.8. The third kappa shape index (κ3) is 3.71. The van der Waals surface area contributed by atoms with Crippen molar-refractivity contribution in [3.8, 4) is 5.75 Å². The number of nitrogens with one attached hydrogen (secondary N) is 1. The first-order chi connectivity index (χ1) is 10.8. The summed E-state index contributed by atoms with van der Waals surface area (Å²) in [5, 5.41) is 6.50. The van der Waals surface area contributed by atoms with Gasteiger partial charge in [-0.25, -0.2) is 0 Å². The SMILES string of the molecule is Cc1nn(C)c(C)c1C(=O)C(=O)Nc1ccc(OC(F)F)cc1. The summed E-state index contributed by atoms with van der Waals surface area (Å²) in [5.41, 5.74) is 1.60. The molecule has 0 saturated heterocycles. The number of hydrogen-bond acceptors (Lipinski definition) is 4. The van der Waals surface area contributed by atoms with E-state index in [0.717, 1.165) is 0 Å². The second-order valence-electron chi connectivity index (χ2n) is 4.86. The minimum atomic E-state index is -2.92. The number of aryl methyl sites for hydroxylation is 2. The number of ketones is 1. The normalized spacial score (nSPS) is 10.7. The van der Waals surface area contributed by atoms with Gasteiger partial charge in [0.15, 0.2) is 0 Å². The number of benzene rings is 1. The molecule has 6 nitrogen and oxygen atoms in total. The Morgan fingerprint density at radius 3 is 2.30 bits per heavy atom. The number of nitrogens with zero attached hydrogens (tertiary/aromatic N) is 2. The smallest absolute Gasteiger partial charge is 0.387 e. The van der Waals surface area contributed by atoms with Crippen LogP contribution in [-0.2, 0) is 11.8 Å². The highest BCUT2D eigenvalue weighted by Gasteiger charge is 2.23. The lowest BCUT2D eigenvalue weighted by Crippen LogP contribution is -2.24. The lowest BCUT2D eigenvalue weighted by molar-refractivity contribution is -0.112. The largest absolute Gasteiger partial charge is 0.435 e. The Morgan fingerprint density at radius 1 is 1.22 bits per heavy atom. The van der Waals surface area contributed by atoms with E-state index in [-0.39, 0.29) is 11.3 Å². The molecule has 23 heavy (non-hydrogen) atoms. The lowest BCUT2D eigenvalue weighted by Gasteiger charge is -2.07. The summed E-state index contributed by atoms with van der Waals surface area (Å²) < 4.78 is 29.8. The van der Waals surface area contributed by atoms with E-state index < -0.39 is 18.3 Å². The third-order valence-electron chi connectivity index (χ3n) is 3.28. The predicted octanol–water partition coefficient (Wildman–Crippen LogP) is 2.46. The molecule has 0 saturated carbocycles. The van der Waals surface area contributed by atoms with Gasteiger partial charge >= 0.3 is 6.61 Å². The van der Waals surface area contributed by atoms with Gasteiger partial charge in [-0.05, 0) is 38.1 Å². The first kappa shape index (κ1) is 16.6. The summed E-state index contributed by atoms with van der Waals surface area (Å²) in [6.07, 6.45) is 0. The van der Waals surface area contributed by atoms with Crippen LogP contribution in [0.15, 0.2) is 24.3 Å². The van der Waals surface area contributed by atoms with Gasteiger partial charge in [0, 0.05) is 18.4 Å². The molecule has 1 amide bonds. The van der Waals surface area contributed by atoms with Crippen LogP contribution in [0.5, 0.6) is 5.75 Å². The minimum Gasteiger partial charge on any atom is -0.435 e. The van der Waals surface area contributed by atoms with E-state index in [4.69, 9.17) is 0 Å². The van der Waals surface area contributed by atoms with Gasteiger partial charge in [-0.1, -0.05) is 0 Å². The molecule has 0 unspecified atom stereocenters. The van der Waals surface area contributed by atoms with Crippen LogP contribution in [-0.4, -0.2) is 28.1 Å². The second kappa shape index (κ2) is 6.55. The van der Waals surface area contributed by atoms with Crippen LogP contribution >= 0.6 is 0 Å². The molecule has 0 aliphatic carbocycles. The molecule has 0 spiro atoms. The molecular formula is C15H15F2N3O3. The number of rotatable bonds is 5. The standard InChI is InChI=1S/C15H15F2N3O3/c1-8-12(9(2)20(3)19-8)13(21)14(22)18-10-4-6-11(7-5-10)23-15(16)17/h4-7,15H,1-3H3,(H,18,22). The number of aromatic nitrogens is 2. The van der Waals surface area contributed by atoms with E-state index in [1.54, 1.807) is 20.9 Å². The van der Waals surface area contributed by atoms with Crippen molar-refractivity contribution in [3.63, 3.8) is 0 Å². The van der Waals surface area contributed by atoms with E-state index in [1.165, 1.54) is 28.9 Å². The van der Waals surface area contributed by atoms with Crippen molar-refractivity contribution >= 4 is 17.4 Å². The molecule has 1 aromatic heterocycles. The zero-order valence-electron chi connectivity index (χ0n) is 12.8. The van der Waals surface area contributed by atoms with Crippen LogP contribution < -0.4 is 10.1 Å². The summed E-state index contributed by atoms with van der Waals surface area (Å²) in [4.78, 5) is 24.3. The first-order valence-corrected chi connectivity index (χ1v) is 6.70. The van der Waals surface area contributed by atoms with Crippen LogP contribution in [0.3, 0.4) is 0 Å². The maximum atomic E-state index is 12.2. The number of halogens is 2. The van der Waals surface area contributed by atoms with Crippen LogP contribution in [0.2, 0.25) is 0 Å². The van der Waals surface area contributed by atoms with Gasteiger partial charge in [0.25, 0.3) is 11.7 Å². The first-order valence-electron chi connectivity index (χ1n) is 6.70. The van der Waals surface area contributed by atoms with E-state index in [0.29, 0.717) is 17.1 Å². The van der Waals surface area contributed by atoms with Crippen molar-refractivity contribution in [2.75, 3.05) is 5.32 Å². The Balaban J connectivity index is 2.11. The third-order valence-corrected chi connectivity index (χ3v) is 3.28. The summed E-state index contributed by atoms with van der Waals surface area (Å²) in [6.45, 7) is 0.412. The fourth-order valence-electron chi connectivity index (χ4n) is 2.12. The van der Waals surface area contributed by atoms with Crippen molar-refractivity contribution < 1.29 is 23.1 Å². The highest BCUT2D eigenvalue weighted by Crippen LogP contribution is 2.19. The van der Waals surface area contributed by atoms with Crippen molar-refractivity contribution in [3.05, 3.63) is 41.2 Å². The fraction of sp³-hybridized carbons (Fsp3) is 0.267. The summed E-state index contributed by atoms with van der Waals surface area (Å²) >= 11 is 0. The Bertz CT molecular complexity index is 739. The second-order valence-corrected chi connectivity index (χ2v) is 4.86. The molecule has 0 aliphatic heterocycles. The van der Waals surface area contributed by atoms with Crippen molar-refractivity contribution in [2.24, 2.45) is 7.05 Å². The summed E-state index contributed by atoms with van der Waals surface area (Å²) in [6, 6.07) is 5.28. The Hall–Kier alpha value is -2.77. The van der Waals surface area contributed by atoms with Gasteiger partial charge in [0.1, 0.15) is 5.75 Å². The highest BCUT2D eigenvalue weighted by atomic mass is 19.3. The topological polar surface area (TPSA) is 73.2 Å². The molecule has 122 valence electrons. The quantitative estimate of drug-likeness (QED) is 0.677. The Labute approximate surface area is 131 Å². The zero-order chi connectivity index (χ0) is 17.1. The van der Waals surface area contributed by atoms with Crippen LogP contribution in [0.25, 0.3) is 0 Å². The maximum Gasteiger partial charge on any atom is 0.387 e. The summed E-state index contributed by atoms with van der Waals surface area (Å²) in [7, 11) is 1.68. The van der Waals surface area contributed by atoms with Gasteiger partial charge in [0.2, 0.25) is 0 Å². The molecule has 2 rings (SSSR count). The molecule has 0 aliphatic rings. The van der Waals surface area contributed by atoms with Crippen LogP contribution in [0.4, 0.5) is 14.5 Å². The van der Waals surface area contributed by atoms with Crippen molar-refractivity contribution in [2.45, 2.75) is 20.5 Å². The number of hydrogen-bond donors (Lipinski definition) is 1. The lowest BCUT2D eigenvalue weighted by atomic mass is 10.1. The van der Waals surface area contributed by atoms with Crippen LogP contribution in [0.1, 0.15) is 21.7 Å². The molecule has 1 N–H and O–H groups in total. The molecule has 0 atom stereocenters. The summed E-state index contributed by atoms with van der Waals surface area (Å²) in [5.74, 6) is -1.57. The average Bonchev–Trinajstić information content (AvgIpc) is 2.73. The van der Waals surface area contributed by atoms with E-state index in [9.17, 15) is 18.4 Å². The molecule has 2 aromatic rings. The fourth-order valence-corrected chi connectivity index (χ4v) is 2.12. The van der Waals surface area contributed by atoms with E-state index in [2.05, 4.69) is 15.2 Å². The van der Waals surface area contributed by atoms with E-state index >= 15 is 0 Å². The number of carbonyl (C=O) groups is 2. The average molecular weight is 323 g/mol. The number of amides is 1. The molecule has 8 heteroatoms. The molecule has 1 heterocycles. The van der Waals surface area contributed by atoms with Crippen molar-refractivity contribution in [1.82, 2.24) is 9.78 Å². The van der Waals surface area contributed by atoms with E-state index in [1.807, 2.05) is 0 Å². The van der Waals surface area contributed by atoms with Gasteiger partial charge in [-0.3, -0.25) is 14.3 Å². The van der Waals surface area contributed by atoms with Crippen molar-refractivity contribution in [1.29, 1.82) is 0 Å². The highest BCUT2D eigenvalue weighted by molar-refractivity contribution is 6.47. The molecular weight excluding hydrogens is 308 g/mol. The van der Waals surface area contributed by atoms with Crippen LogP contribution in [0, 0.1) is 13.8 Å². The van der Waals surface area contributed by atoms with Gasteiger partial charge < -0.3 is 10.1 Å².